The molecule has 0 aliphatic carbocycles. The van der Waals surface area contributed by atoms with E-state index in [-0.39, 0.29) is 30.4 Å². The van der Waals surface area contributed by atoms with Gasteiger partial charge >= 0.3 is 0 Å². The molecule has 0 radical (unpaired) electrons. The number of hydrogen-bond donors (Lipinski definition) is 2. The summed E-state index contributed by atoms with van der Waals surface area (Å²) in [5.74, 6) is 0.682. The normalized spacial score (nSPS) is 10.9. The third-order valence-electron chi connectivity index (χ3n) is 5.43. The van der Waals surface area contributed by atoms with Crippen molar-refractivity contribution >= 4 is 23.2 Å². The van der Waals surface area contributed by atoms with Crippen molar-refractivity contribution in [3.8, 4) is 11.5 Å². The number of carbonyl (C=O) groups excluding carboxylic acids is 2. The molecule has 3 rings (SSSR count). The fourth-order valence-electron chi connectivity index (χ4n) is 3.09. The Balaban J connectivity index is 1.47. The highest BCUT2D eigenvalue weighted by molar-refractivity contribution is 5.95. The van der Waals surface area contributed by atoms with Crippen LogP contribution in [0.25, 0.3) is 0 Å². The van der Waals surface area contributed by atoms with Crippen LogP contribution in [0.3, 0.4) is 0 Å². The average Bonchev–Trinajstić information content (AvgIpc) is 2.82. The molecule has 33 heavy (non-hydrogen) atoms. The molecule has 6 heteroatoms. The summed E-state index contributed by atoms with van der Waals surface area (Å²) in [6, 6.07) is 23.9. The van der Waals surface area contributed by atoms with Gasteiger partial charge in [0.25, 0.3) is 11.8 Å². The number of carbonyl (C=O) groups is 2. The van der Waals surface area contributed by atoms with E-state index in [4.69, 9.17) is 9.47 Å². The van der Waals surface area contributed by atoms with Crippen LogP contribution in [0.5, 0.6) is 11.5 Å². The molecule has 2 N–H and O–H groups in total. The molecule has 0 saturated heterocycles. The first kappa shape index (κ1) is 23.9. The zero-order valence-corrected chi connectivity index (χ0v) is 19.3. The van der Waals surface area contributed by atoms with E-state index in [2.05, 4.69) is 31.4 Å². The minimum absolute atomic E-state index is 0.101. The number of rotatable bonds is 10. The molecule has 0 aliphatic heterocycles. The summed E-state index contributed by atoms with van der Waals surface area (Å²) in [6.07, 6.45) is 1.04. The van der Waals surface area contributed by atoms with E-state index < -0.39 is 0 Å². The molecule has 0 unspecified atom stereocenters. The van der Waals surface area contributed by atoms with Crippen LogP contribution in [0, 0.1) is 0 Å². The van der Waals surface area contributed by atoms with Gasteiger partial charge in [0.15, 0.2) is 13.2 Å². The van der Waals surface area contributed by atoms with E-state index in [9.17, 15) is 9.59 Å². The van der Waals surface area contributed by atoms with Gasteiger partial charge in [-0.15, -0.1) is 0 Å². The lowest BCUT2D eigenvalue weighted by atomic mass is 9.82. The maximum atomic E-state index is 12.3. The van der Waals surface area contributed by atoms with Gasteiger partial charge in [0, 0.05) is 11.4 Å². The number of ether oxygens (including phenoxy) is 2. The number of benzene rings is 3. The van der Waals surface area contributed by atoms with Crippen molar-refractivity contribution in [1.29, 1.82) is 0 Å². The lowest BCUT2D eigenvalue weighted by Crippen LogP contribution is -2.21. The standard InChI is InChI=1S/C27H30N2O4/c1-4-27(2,3)20-13-15-24(16-14-20)33-19-26(31)29-22-10-8-9-21(17-22)28-25(30)18-32-23-11-6-5-7-12-23/h5-17H,4,18-19H2,1-3H3,(H,28,30)(H,29,31). The van der Waals surface area contributed by atoms with Gasteiger partial charge in [-0.2, -0.15) is 0 Å². The second kappa shape index (κ2) is 11.2. The summed E-state index contributed by atoms with van der Waals surface area (Å²) >= 11 is 0. The number of anilines is 2. The first-order valence-electron chi connectivity index (χ1n) is 11.0. The minimum Gasteiger partial charge on any atom is -0.484 e. The van der Waals surface area contributed by atoms with Crippen molar-refractivity contribution in [3.63, 3.8) is 0 Å². The Kier molecular flexibility index (Phi) is 8.08. The highest BCUT2D eigenvalue weighted by Gasteiger charge is 2.17. The molecule has 0 aromatic heterocycles. The molecule has 2 amide bonds. The highest BCUT2D eigenvalue weighted by Crippen LogP contribution is 2.28. The fourth-order valence-corrected chi connectivity index (χ4v) is 3.09. The number of nitrogens with one attached hydrogen (secondary N) is 2. The van der Waals surface area contributed by atoms with Crippen LogP contribution in [0.2, 0.25) is 0 Å². The zero-order chi connectivity index (χ0) is 23.7. The Morgan fingerprint density at radius 2 is 1.24 bits per heavy atom. The number of amides is 2. The van der Waals surface area contributed by atoms with Gasteiger partial charge in [0.05, 0.1) is 0 Å². The van der Waals surface area contributed by atoms with Gasteiger partial charge in [-0.05, 0) is 59.9 Å². The largest absolute Gasteiger partial charge is 0.484 e. The van der Waals surface area contributed by atoms with Gasteiger partial charge in [0.1, 0.15) is 11.5 Å². The van der Waals surface area contributed by atoms with Gasteiger partial charge in [-0.25, -0.2) is 0 Å². The topological polar surface area (TPSA) is 76.7 Å². The molecule has 6 nitrogen and oxygen atoms in total. The van der Waals surface area contributed by atoms with Crippen LogP contribution in [0.4, 0.5) is 11.4 Å². The summed E-state index contributed by atoms with van der Waals surface area (Å²) in [6.45, 7) is 6.33. The highest BCUT2D eigenvalue weighted by atomic mass is 16.5. The second-order valence-electron chi connectivity index (χ2n) is 8.33. The summed E-state index contributed by atoms with van der Waals surface area (Å²) in [7, 11) is 0. The van der Waals surface area contributed by atoms with Crippen molar-refractivity contribution in [2.45, 2.75) is 32.6 Å². The van der Waals surface area contributed by atoms with E-state index in [0.717, 1.165) is 6.42 Å². The number of para-hydroxylation sites is 1. The predicted octanol–water partition coefficient (Wildman–Crippen LogP) is 5.41. The fraction of sp³-hybridized carbons (Fsp3) is 0.259. The summed E-state index contributed by atoms with van der Waals surface area (Å²) in [5.41, 5.74) is 2.45. The van der Waals surface area contributed by atoms with Gasteiger partial charge < -0.3 is 20.1 Å². The third-order valence-corrected chi connectivity index (χ3v) is 5.43. The van der Waals surface area contributed by atoms with Crippen LogP contribution >= 0.6 is 0 Å². The average molecular weight is 447 g/mol. The zero-order valence-electron chi connectivity index (χ0n) is 19.3. The molecule has 0 bridgehead atoms. The van der Waals surface area contributed by atoms with Crippen molar-refractivity contribution < 1.29 is 19.1 Å². The Bertz CT molecular complexity index is 1060. The molecule has 0 spiro atoms. The Morgan fingerprint density at radius 1 is 0.727 bits per heavy atom. The number of hydrogen-bond acceptors (Lipinski definition) is 4. The van der Waals surface area contributed by atoms with Crippen molar-refractivity contribution in [1.82, 2.24) is 0 Å². The third kappa shape index (κ3) is 7.38. The lowest BCUT2D eigenvalue weighted by Gasteiger charge is -2.23. The Labute approximate surface area is 194 Å². The maximum absolute atomic E-state index is 12.3. The van der Waals surface area contributed by atoms with E-state index in [0.29, 0.717) is 22.9 Å². The summed E-state index contributed by atoms with van der Waals surface area (Å²) < 4.78 is 11.1. The van der Waals surface area contributed by atoms with Gasteiger partial charge in [-0.3, -0.25) is 9.59 Å². The van der Waals surface area contributed by atoms with E-state index in [1.54, 1.807) is 36.4 Å². The predicted molar refractivity (Wildman–Crippen MR) is 131 cm³/mol. The van der Waals surface area contributed by atoms with Crippen LogP contribution in [-0.2, 0) is 15.0 Å². The minimum atomic E-state index is -0.291. The summed E-state index contributed by atoms with van der Waals surface area (Å²) in [5, 5.41) is 5.54. The van der Waals surface area contributed by atoms with Gasteiger partial charge in [-0.1, -0.05) is 57.2 Å². The molecule has 0 aliphatic rings. The van der Waals surface area contributed by atoms with Crippen LogP contribution in [0.1, 0.15) is 32.8 Å². The molecule has 0 fully saturated rings. The molecule has 0 saturated carbocycles. The molecular formula is C27H30N2O4. The molecular weight excluding hydrogens is 416 g/mol. The molecule has 172 valence electrons. The molecule has 0 heterocycles. The molecule has 3 aromatic rings. The van der Waals surface area contributed by atoms with E-state index in [1.807, 2.05) is 42.5 Å². The maximum Gasteiger partial charge on any atom is 0.262 e. The van der Waals surface area contributed by atoms with Crippen LogP contribution in [-0.4, -0.2) is 25.0 Å². The Hall–Kier alpha value is -3.80. The van der Waals surface area contributed by atoms with Crippen molar-refractivity contribution in [3.05, 3.63) is 84.4 Å². The molecule has 0 atom stereocenters. The molecule has 3 aromatic carbocycles. The summed E-state index contributed by atoms with van der Waals surface area (Å²) in [4.78, 5) is 24.4. The lowest BCUT2D eigenvalue weighted by molar-refractivity contribution is -0.118. The first-order valence-corrected chi connectivity index (χ1v) is 11.0. The monoisotopic (exact) mass is 446 g/mol. The smallest absolute Gasteiger partial charge is 0.262 e. The van der Waals surface area contributed by atoms with Crippen LogP contribution in [0.15, 0.2) is 78.9 Å². The van der Waals surface area contributed by atoms with Gasteiger partial charge in [0.2, 0.25) is 0 Å². The van der Waals surface area contributed by atoms with E-state index in [1.165, 1.54) is 5.56 Å². The SMILES string of the molecule is CCC(C)(C)c1ccc(OCC(=O)Nc2cccc(NC(=O)COc3ccccc3)c2)cc1. The van der Waals surface area contributed by atoms with E-state index >= 15 is 0 Å². The Morgan fingerprint density at radius 3 is 1.76 bits per heavy atom. The quantitative estimate of drug-likeness (QED) is 0.437. The van der Waals surface area contributed by atoms with Crippen LogP contribution < -0.4 is 20.1 Å². The second-order valence-corrected chi connectivity index (χ2v) is 8.33. The van der Waals surface area contributed by atoms with Crippen molar-refractivity contribution in [2.24, 2.45) is 0 Å². The van der Waals surface area contributed by atoms with Crippen molar-refractivity contribution in [2.75, 3.05) is 23.8 Å². The first-order chi connectivity index (χ1) is 15.9.